The van der Waals surface area contributed by atoms with E-state index in [1.807, 2.05) is 6.08 Å². The summed E-state index contributed by atoms with van der Waals surface area (Å²) in [5.74, 6) is 0.682. The topological polar surface area (TPSA) is 0 Å². The Labute approximate surface area is 107 Å². The molecule has 13 heavy (non-hydrogen) atoms. The lowest BCUT2D eigenvalue weighted by Crippen LogP contribution is -1.97. The number of rotatable bonds is 3. The molecule has 0 aliphatic heterocycles. The quantitative estimate of drug-likeness (QED) is 0.475. The maximum Gasteiger partial charge on any atom is 0.00871 e. The molecule has 1 atom stereocenters. The summed E-state index contributed by atoms with van der Waals surface area (Å²) < 4.78 is 2.74. The molecule has 0 heterocycles. The van der Waals surface area contributed by atoms with Crippen LogP contribution in [0.2, 0.25) is 0 Å². The highest BCUT2D eigenvalue weighted by molar-refractivity contribution is 14.1. The lowest BCUT2D eigenvalue weighted by Gasteiger charge is -2.13. The molecule has 1 aliphatic carbocycles. The van der Waals surface area contributed by atoms with Crippen LogP contribution in [-0.2, 0) is 0 Å². The van der Waals surface area contributed by atoms with E-state index < -0.39 is 0 Å². The van der Waals surface area contributed by atoms with Gasteiger partial charge in [-0.3, -0.25) is 0 Å². The van der Waals surface area contributed by atoms with Crippen LogP contribution in [0.15, 0.2) is 44.1 Å². The fourth-order valence-electron chi connectivity index (χ4n) is 1.24. The number of hydrogen-bond acceptors (Lipinski definition) is 0. The molecular formula is C11H12I2. The summed E-state index contributed by atoms with van der Waals surface area (Å²) in [5, 5.41) is 0. The Kier molecular flexibility index (Phi) is 5.31. The van der Waals surface area contributed by atoms with Gasteiger partial charge in [-0.1, -0.05) is 37.0 Å². The number of hydrogen-bond donors (Lipinski definition) is 0. The molecule has 70 valence electrons. The van der Waals surface area contributed by atoms with E-state index in [1.54, 1.807) is 0 Å². The average molecular weight is 398 g/mol. The van der Waals surface area contributed by atoms with Crippen molar-refractivity contribution in [1.82, 2.24) is 0 Å². The standard InChI is InChI=1S/C11H12I2/c1-2-3-11(13)8-9-4-6-10(12)7-5-9/h2-4,6-7,9H,1,5,8H2/b11-3+. The van der Waals surface area contributed by atoms with Gasteiger partial charge in [-0.15, -0.1) is 0 Å². The molecule has 0 saturated heterocycles. The highest BCUT2D eigenvalue weighted by atomic mass is 127. The van der Waals surface area contributed by atoms with Crippen LogP contribution in [-0.4, -0.2) is 0 Å². The molecule has 0 aromatic heterocycles. The lowest BCUT2D eigenvalue weighted by atomic mass is 9.97. The molecule has 0 N–H and O–H groups in total. The molecule has 0 fully saturated rings. The molecule has 0 aromatic rings. The molecule has 2 heteroatoms. The molecule has 1 aliphatic rings. The molecular weight excluding hydrogens is 386 g/mol. The third-order valence-corrected chi connectivity index (χ3v) is 3.50. The van der Waals surface area contributed by atoms with Crippen LogP contribution in [0.5, 0.6) is 0 Å². The van der Waals surface area contributed by atoms with Crippen LogP contribution < -0.4 is 0 Å². The van der Waals surface area contributed by atoms with E-state index in [0.717, 1.165) is 6.42 Å². The summed E-state index contributed by atoms with van der Waals surface area (Å²) in [6.45, 7) is 3.69. The Bertz CT molecular complexity index is 272. The SMILES string of the molecule is C=C/C=C(/I)CC1C=CC(I)=CC1. The first-order valence-corrected chi connectivity index (χ1v) is 6.39. The first kappa shape index (κ1) is 11.5. The van der Waals surface area contributed by atoms with Gasteiger partial charge in [-0.05, 0) is 67.5 Å². The van der Waals surface area contributed by atoms with E-state index in [2.05, 4.69) is 76.1 Å². The van der Waals surface area contributed by atoms with E-state index in [-0.39, 0.29) is 0 Å². The minimum absolute atomic E-state index is 0.682. The van der Waals surface area contributed by atoms with E-state index in [1.165, 1.54) is 13.6 Å². The Hall–Kier alpha value is 0.420. The van der Waals surface area contributed by atoms with Crippen LogP contribution in [0.3, 0.4) is 0 Å². The van der Waals surface area contributed by atoms with Crippen molar-refractivity contribution in [1.29, 1.82) is 0 Å². The molecule has 0 aromatic carbocycles. The molecule has 1 unspecified atom stereocenters. The summed E-state index contributed by atoms with van der Waals surface area (Å²) in [5.41, 5.74) is 0. The van der Waals surface area contributed by atoms with Gasteiger partial charge in [-0.25, -0.2) is 0 Å². The number of allylic oxidation sites excluding steroid dienone is 7. The Morgan fingerprint density at radius 3 is 3.00 bits per heavy atom. The smallest absolute Gasteiger partial charge is 0.00871 e. The Morgan fingerprint density at radius 2 is 2.46 bits per heavy atom. The van der Waals surface area contributed by atoms with Crippen molar-refractivity contribution in [3.8, 4) is 0 Å². The molecule has 1 rings (SSSR count). The molecule has 0 radical (unpaired) electrons. The maximum atomic E-state index is 3.69. The van der Waals surface area contributed by atoms with Crippen molar-refractivity contribution >= 4 is 45.2 Å². The predicted octanol–water partition coefficient (Wildman–Crippen LogP) is 4.78. The van der Waals surface area contributed by atoms with Crippen LogP contribution in [0.4, 0.5) is 0 Å². The van der Waals surface area contributed by atoms with Crippen molar-refractivity contribution in [3.05, 3.63) is 44.1 Å². The third-order valence-electron chi connectivity index (χ3n) is 1.90. The fraction of sp³-hybridized carbons (Fsp3) is 0.273. The van der Waals surface area contributed by atoms with Gasteiger partial charge >= 0.3 is 0 Å². The van der Waals surface area contributed by atoms with Gasteiger partial charge in [0.2, 0.25) is 0 Å². The van der Waals surface area contributed by atoms with E-state index >= 15 is 0 Å². The third kappa shape index (κ3) is 4.44. The highest BCUT2D eigenvalue weighted by Crippen LogP contribution is 2.27. The van der Waals surface area contributed by atoms with Crippen LogP contribution in [0.1, 0.15) is 12.8 Å². The van der Waals surface area contributed by atoms with Crippen LogP contribution in [0.25, 0.3) is 0 Å². The lowest BCUT2D eigenvalue weighted by molar-refractivity contribution is 0.666. The molecule has 0 bridgehead atoms. The summed E-state index contributed by atoms with van der Waals surface area (Å²) in [7, 11) is 0. The zero-order chi connectivity index (χ0) is 9.68. The van der Waals surface area contributed by atoms with Gasteiger partial charge in [0.1, 0.15) is 0 Å². The maximum absolute atomic E-state index is 3.69. The van der Waals surface area contributed by atoms with Gasteiger partial charge in [0, 0.05) is 3.58 Å². The summed E-state index contributed by atoms with van der Waals surface area (Å²) in [6, 6.07) is 0. The largest absolute Gasteiger partial charge is 0.0990 e. The second kappa shape index (κ2) is 6.01. The normalized spacial score (nSPS) is 22.8. The van der Waals surface area contributed by atoms with Crippen molar-refractivity contribution in [2.24, 2.45) is 5.92 Å². The fourth-order valence-corrected chi connectivity index (χ4v) is 2.52. The minimum atomic E-state index is 0.682. The van der Waals surface area contributed by atoms with Crippen molar-refractivity contribution in [3.63, 3.8) is 0 Å². The summed E-state index contributed by atoms with van der Waals surface area (Å²) >= 11 is 4.74. The highest BCUT2D eigenvalue weighted by Gasteiger charge is 2.08. The van der Waals surface area contributed by atoms with Crippen LogP contribution in [0, 0.1) is 5.92 Å². The van der Waals surface area contributed by atoms with Gasteiger partial charge in [0.25, 0.3) is 0 Å². The van der Waals surface area contributed by atoms with Gasteiger partial charge < -0.3 is 0 Å². The molecule has 0 amide bonds. The molecule has 0 spiro atoms. The van der Waals surface area contributed by atoms with Crippen LogP contribution >= 0.6 is 45.2 Å². The minimum Gasteiger partial charge on any atom is -0.0990 e. The van der Waals surface area contributed by atoms with E-state index in [9.17, 15) is 0 Å². The van der Waals surface area contributed by atoms with Gasteiger partial charge in [0.15, 0.2) is 0 Å². The van der Waals surface area contributed by atoms with Crippen molar-refractivity contribution in [2.75, 3.05) is 0 Å². The number of halogens is 2. The van der Waals surface area contributed by atoms with Gasteiger partial charge in [0.05, 0.1) is 0 Å². The first-order chi connectivity index (χ1) is 6.22. The van der Waals surface area contributed by atoms with Crippen molar-refractivity contribution < 1.29 is 0 Å². The Morgan fingerprint density at radius 1 is 1.69 bits per heavy atom. The summed E-state index contributed by atoms with van der Waals surface area (Å²) in [6.07, 6.45) is 13.0. The second-order valence-electron chi connectivity index (χ2n) is 3.00. The van der Waals surface area contributed by atoms with Gasteiger partial charge in [-0.2, -0.15) is 0 Å². The van der Waals surface area contributed by atoms with E-state index in [0.29, 0.717) is 5.92 Å². The molecule has 0 nitrogen and oxygen atoms in total. The zero-order valence-corrected chi connectivity index (χ0v) is 11.7. The Balaban J connectivity index is 2.45. The average Bonchev–Trinajstić information content (AvgIpc) is 2.09. The predicted molar refractivity (Wildman–Crippen MR) is 76.3 cm³/mol. The first-order valence-electron chi connectivity index (χ1n) is 4.23. The monoisotopic (exact) mass is 398 g/mol. The van der Waals surface area contributed by atoms with E-state index in [4.69, 9.17) is 0 Å². The molecule has 0 saturated carbocycles. The zero-order valence-electron chi connectivity index (χ0n) is 7.34. The summed E-state index contributed by atoms with van der Waals surface area (Å²) in [4.78, 5) is 0. The van der Waals surface area contributed by atoms with Crippen molar-refractivity contribution in [2.45, 2.75) is 12.8 Å². The second-order valence-corrected chi connectivity index (χ2v) is 5.63.